The van der Waals surface area contributed by atoms with Gasteiger partial charge in [-0.25, -0.2) is 0 Å². The van der Waals surface area contributed by atoms with Gasteiger partial charge in [0.1, 0.15) is 17.7 Å². The average molecular weight is 644 g/mol. The first-order valence-electron chi connectivity index (χ1n) is 16.3. The summed E-state index contributed by atoms with van der Waals surface area (Å²) in [6.07, 6.45) is 3.52. The van der Waals surface area contributed by atoms with Gasteiger partial charge in [0.05, 0.1) is 37.1 Å². The Bertz CT molecular complexity index is 1530. The minimum absolute atomic E-state index is 0.0505. The lowest BCUT2D eigenvalue weighted by Gasteiger charge is -2.38. The van der Waals surface area contributed by atoms with Crippen LogP contribution in [0.2, 0.25) is 0 Å². The summed E-state index contributed by atoms with van der Waals surface area (Å²) in [5, 5.41) is 13.1. The van der Waals surface area contributed by atoms with Crippen molar-refractivity contribution in [3.63, 3.8) is 0 Å². The van der Waals surface area contributed by atoms with Crippen LogP contribution in [0.1, 0.15) is 55.4 Å². The van der Waals surface area contributed by atoms with E-state index in [4.69, 9.17) is 9.47 Å². The minimum atomic E-state index is -1.27. The number of allylic oxidation sites excluding steroid dienone is 1. The molecule has 250 valence electrons. The fourth-order valence-corrected chi connectivity index (χ4v) is 7.44. The first kappa shape index (κ1) is 34.1. The third kappa shape index (κ3) is 6.36. The number of aliphatic hydroxyl groups is 1. The van der Waals surface area contributed by atoms with Gasteiger partial charge >= 0.3 is 5.97 Å². The Kier molecular flexibility index (Phi) is 10.3. The van der Waals surface area contributed by atoms with Gasteiger partial charge in [0.25, 0.3) is 5.91 Å². The molecule has 3 heterocycles. The van der Waals surface area contributed by atoms with Gasteiger partial charge in [-0.2, -0.15) is 0 Å². The van der Waals surface area contributed by atoms with E-state index < -0.39 is 53.6 Å². The number of carbonyl (C=O) groups excluding carboxylic acids is 4. The Morgan fingerprint density at radius 3 is 2.60 bits per heavy atom. The number of ether oxygens (including phenoxy) is 2. The van der Waals surface area contributed by atoms with E-state index in [9.17, 15) is 24.3 Å². The summed E-state index contributed by atoms with van der Waals surface area (Å²) in [7, 11) is 0. The number of hydrogen-bond acceptors (Lipinski definition) is 7. The Morgan fingerprint density at radius 2 is 1.91 bits per heavy atom. The van der Waals surface area contributed by atoms with E-state index in [1.54, 1.807) is 24.0 Å². The lowest BCUT2D eigenvalue weighted by Crippen LogP contribution is -2.58. The molecule has 2 aromatic carbocycles. The number of carbonyl (C=O) groups is 4. The van der Waals surface area contributed by atoms with E-state index in [1.807, 2.05) is 62.4 Å². The SMILES string of the molecule is C=CCCC(=O)NC[C@@H](OC(=O)[C@@H]1[C@@H]2CC[C@]3(O2)[C@H](C(=O)N(CC=C)c2cc(C)ccc2C)N([C@H](C)CO)C(=O)[C@@H]13)c1ccccc1. The number of rotatable bonds is 14. The van der Waals surface area contributed by atoms with Crippen molar-refractivity contribution in [2.75, 3.05) is 24.6 Å². The fourth-order valence-electron chi connectivity index (χ4n) is 7.44. The quantitative estimate of drug-likeness (QED) is 0.236. The number of aliphatic hydroxyl groups excluding tert-OH is 1. The molecule has 0 aliphatic carbocycles. The molecule has 3 amide bonds. The van der Waals surface area contributed by atoms with Crippen LogP contribution in [0.3, 0.4) is 0 Å². The fraction of sp³-hybridized carbons (Fsp3) is 0.459. The third-order valence-electron chi connectivity index (χ3n) is 9.71. The molecule has 10 heteroatoms. The van der Waals surface area contributed by atoms with Gasteiger partial charge in [-0.05, 0) is 62.8 Å². The minimum Gasteiger partial charge on any atom is -0.455 e. The maximum Gasteiger partial charge on any atom is 0.313 e. The van der Waals surface area contributed by atoms with Crippen LogP contribution in [0, 0.1) is 25.7 Å². The van der Waals surface area contributed by atoms with Crippen molar-refractivity contribution in [2.45, 2.75) is 76.3 Å². The van der Waals surface area contributed by atoms with Crippen molar-refractivity contribution in [2.24, 2.45) is 11.8 Å². The molecule has 7 atom stereocenters. The molecule has 0 aromatic heterocycles. The van der Waals surface area contributed by atoms with Crippen molar-refractivity contribution >= 4 is 29.4 Å². The maximum absolute atomic E-state index is 14.7. The Balaban J connectivity index is 1.48. The first-order chi connectivity index (χ1) is 22.6. The maximum atomic E-state index is 14.7. The van der Waals surface area contributed by atoms with E-state index in [0.29, 0.717) is 30.5 Å². The first-order valence-corrected chi connectivity index (χ1v) is 16.3. The predicted molar refractivity (Wildman–Crippen MR) is 177 cm³/mol. The molecular formula is C37H45N3O7. The summed E-state index contributed by atoms with van der Waals surface area (Å²) in [5.74, 6) is -3.51. The van der Waals surface area contributed by atoms with Crippen molar-refractivity contribution in [3.8, 4) is 0 Å². The van der Waals surface area contributed by atoms with E-state index in [0.717, 1.165) is 11.1 Å². The lowest BCUT2D eigenvalue weighted by atomic mass is 9.70. The normalized spacial score (nSPS) is 25.5. The molecule has 5 rings (SSSR count). The standard InChI is InChI=1S/C37H45N3O7/c1-6-8-14-30(42)38-21-29(26-12-10-9-11-13-26)46-36(45)31-28-17-18-37(47-28)32(31)34(43)40(25(5)22-41)33(37)35(44)39(19-7-2)27-20-23(3)15-16-24(27)4/h6-7,9-13,15-16,20,25,28-29,31-33,41H,1-2,8,14,17-19,21-22H2,3-5H3,(H,38,42)/t25-,28+,29-,31-,32-,33+,37-/m1/s1. The van der Waals surface area contributed by atoms with E-state index in [1.165, 1.54) is 4.90 Å². The van der Waals surface area contributed by atoms with Crippen molar-refractivity contribution < 1.29 is 33.8 Å². The summed E-state index contributed by atoms with van der Waals surface area (Å²) in [5.41, 5.74) is 1.97. The molecule has 1 spiro atoms. The number of nitrogens with zero attached hydrogens (tertiary/aromatic N) is 2. The zero-order valence-corrected chi connectivity index (χ0v) is 27.4. The zero-order chi connectivity index (χ0) is 33.9. The topological polar surface area (TPSA) is 125 Å². The molecule has 3 saturated heterocycles. The van der Waals surface area contributed by atoms with Crippen LogP contribution in [-0.2, 0) is 28.7 Å². The number of fused-ring (bicyclic) bond motifs is 1. The third-order valence-corrected chi connectivity index (χ3v) is 9.71. The monoisotopic (exact) mass is 643 g/mol. The van der Waals surface area contributed by atoms with Gasteiger partial charge in [0, 0.05) is 18.7 Å². The Labute approximate surface area is 276 Å². The molecule has 0 unspecified atom stereocenters. The van der Waals surface area contributed by atoms with Crippen LogP contribution >= 0.6 is 0 Å². The van der Waals surface area contributed by atoms with Gasteiger partial charge in [-0.15, -0.1) is 13.2 Å². The second-order valence-corrected chi connectivity index (χ2v) is 12.8. The molecule has 2 bridgehead atoms. The highest BCUT2D eigenvalue weighted by molar-refractivity contribution is 6.05. The van der Waals surface area contributed by atoms with E-state index in [-0.39, 0.29) is 37.9 Å². The van der Waals surface area contributed by atoms with Crippen molar-refractivity contribution in [3.05, 3.63) is 90.5 Å². The summed E-state index contributed by atoms with van der Waals surface area (Å²) >= 11 is 0. The summed E-state index contributed by atoms with van der Waals surface area (Å²) in [4.78, 5) is 58.7. The largest absolute Gasteiger partial charge is 0.455 e. The molecule has 10 nitrogen and oxygen atoms in total. The molecule has 3 aliphatic rings. The number of amides is 3. The predicted octanol–water partition coefficient (Wildman–Crippen LogP) is 3.94. The Hall–Kier alpha value is -4.28. The second kappa shape index (κ2) is 14.2. The van der Waals surface area contributed by atoms with Gasteiger partial charge < -0.3 is 29.7 Å². The molecule has 3 aliphatic heterocycles. The molecule has 47 heavy (non-hydrogen) atoms. The number of esters is 1. The molecule has 3 fully saturated rings. The van der Waals surface area contributed by atoms with Crippen molar-refractivity contribution in [1.29, 1.82) is 0 Å². The highest BCUT2D eigenvalue weighted by atomic mass is 16.6. The van der Waals surface area contributed by atoms with Crippen LogP contribution in [0.25, 0.3) is 0 Å². The number of aryl methyl sites for hydroxylation is 2. The van der Waals surface area contributed by atoms with E-state index in [2.05, 4.69) is 18.5 Å². The number of benzene rings is 2. The number of hydrogen-bond donors (Lipinski definition) is 2. The van der Waals surface area contributed by atoms with Crippen LogP contribution in [0.5, 0.6) is 0 Å². The molecule has 0 saturated carbocycles. The number of nitrogens with one attached hydrogen (secondary N) is 1. The average Bonchev–Trinajstić information content (AvgIpc) is 3.72. The smallest absolute Gasteiger partial charge is 0.313 e. The van der Waals surface area contributed by atoms with Crippen LogP contribution in [-0.4, -0.2) is 77.2 Å². The molecule has 0 radical (unpaired) electrons. The number of likely N-dealkylation sites (tertiary alicyclic amines) is 1. The molecule has 2 aromatic rings. The number of anilines is 1. The summed E-state index contributed by atoms with van der Waals surface area (Å²) in [6, 6.07) is 13.2. The van der Waals surface area contributed by atoms with Crippen LogP contribution in [0.15, 0.2) is 73.8 Å². The van der Waals surface area contributed by atoms with Crippen LogP contribution < -0.4 is 10.2 Å². The molecule has 2 N–H and O–H groups in total. The van der Waals surface area contributed by atoms with Crippen molar-refractivity contribution in [1.82, 2.24) is 10.2 Å². The van der Waals surface area contributed by atoms with Gasteiger partial charge in [0.2, 0.25) is 11.8 Å². The Morgan fingerprint density at radius 1 is 1.17 bits per heavy atom. The van der Waals surface area contributed by atoms with Gasteiger partial charge in [0.15, 0.2) is 0 Å². The second-order valence-electron chi connectivity index (χ2n) is 12.8. The molecular weight excluding hydrogens is 598 g/mol. The van der Waals surface area contributed by atoms with E-state index >= 15 is 0 Å². The van der Waals surface area contributed by atoms with Gasteiger partial charge in [-0.3, -0.25) is 19.2 Å². The lowest BCUT2D eigenvalue weighted by molar-refractivity contribution is -0.161. The summed E-state index contributed by atoms with van der Waals surface area (Å²) < 4.78 is 12.7. The summed E-state index contributed by atoms with van der Waals surface area (Å²) in [6.45, 7) is 13.0. The zero-order valence-electron chi connectivity index (χ0n) is 27.4. The highest BCUT2D eigenvalue weighted by Crippen LogP contribution is 2.59. The van der Waals surface area contributed by atoms with Crippen LogP contribution in [0.4, 0.5) is 5.69 Å². The van der Waals surface area contributed by atoms with Gasteiger partial charge in [-0.1, -0.05) is 54.6 Å². The highest BCUT2D eigenvalue weighted by Gasteiger charge is 2.75.